The molecule has 41 heavy (non-hydrogen) atoms. The molecule has 3 aromatic rings. The van der Waals surface area contributed by atoms with Gasteiger partial charge in [-0.25, -0.2) is 0 Å². The third-order valence-corrected chi connectivity index (χ3v) is 8.81. The van der Waals surface area contributed by atoms with E-state index in [0.717, 1.165) is 53.6 Å². The van der Waals surface area contributed by atoms with Gasteiger partial charge in [-0.05, 0) is 68.6 Å². The van der Waals surface area contributed by atoms with E-state index in [1.807, 2.05) is 86.5 Å². The average molecular weight is 556 g/mol. The van der Waals surface area contributed by atoms with Gasteiger partial charge in [-0.3, -0.25) is 9.59 Å². The van der Waals surface area contributed by atoms with E-state index in [2.05, 4.69) is 15.5 Å². The third kappa shape index (κ3) is 6.49. The first-order chi connectivity index (χ1) is 19.6. The molecule has 8 nitrogen and oxygen atoms in total. The molecule has 0 unspecified atom stereocenters. The molecule has 1 aromatic heterocycles. The van der Waals surface area contributed by atoms with Crippen molar-refractivity contribution in [3.8, 4) is 22.4 Å². The average Bonchev–Trinajstić information content (AvgIpc) is 2.96. The Morgan fingerprint density at radius 1 is 1.00 bits per heavy atom. The van der Waals surface area contributed by atoms with Crippen molar-refractivity contribution in [1.29, 1.82) is 0 Å². The van der Waals surface area contributed by atoms with Gasteiger partial charge in [0.05, 0.1) is 5.60 Å². The number of carbonyl (C=O) groups is 2. The number of nitrogens with zero attached hydrogens (tertiary/aromatic N) is 3. The Morgan fingerprint density at radius 2 is 1.66 bits per heavy atom. The van der Waals surface area contributed by atoms with Gasteiger partial charge in [0, 0.05) is 42.6 Å². The second kappa shape index (κ2) is 11.7. The summed E-state index contributed by atoms with van der Waals surface area (Å²) in [5.74, 6) is 0.825. The molecule has 1 heterocycles. The SMILES string of the molecule is CCC(=O)N(C)C1CCC(CC(=O)Nc2cc(-c3ccccc3)c(-c3ccc([C@]4(N)C[C@](C)(O)C4)cc3)nn2)CC1. The zero-order valence-corrected chi connectivity index (χ0v) is 24.3. The quantitative estimate of drug-likeness (QED) is 0.348. The van der Waals surface area contributed by atoms with E-state index in [0.29, 0.717) is 37.4 Å². The highest BCUT2D eigenvalue weighted by Gasteiger charge is 2.49. The van der Waals surface area contributed by atoms with Crippen LogP contribution < -0.4 is 11.1 Å². The molecule has 2 aromatic carbocycles. The first kappa shape index (κ1) is 28.9. The molecule has 8 heteroatoms. The molecule has 5 rings (SSSR count). The van der Waals surface area contributed by atoms with Crippen LogP contribution in [-0.4, -0.2) is 50.7 Å². The van der Waals surface area contributed by atoms with Crippen molar-refractivity contribution >= 4 is 17.6 Å². The van der Waals surface area contributed by atoms with E-state index >= 15 is 0 Å². The number of aromatic nitrogens is 2. The van der Waals surface area contributed by atoms with E-state index in [1.54, 1.807) is 0 Å². The number of nitrogens with one attached hydrogen (secondary N) is 1. The molecule has 2 saturated carbocycles. The summed E-state index contributed by atoms with van der Waals surface area (Å²) in [4.78, 5) is 26.9. The van der Waals surface area contributed by atoms with Gasteiger partial charge in [0.25, 0.3) is 0 Å². The normalized spacial score (nSPS) is 25.7. The van der Waals surface area contributed by atoms with E-state index in [1.165, 1.54) is 0 Å². The summed E-state index contributed by atoms with van der Waals surface area (Å²) in [5.41, 5.74) is 9.76. The fourth-order valence-electron chi connectivity index (χ4n) is 6.62. The summed E-state index contributed by atoms with van der Waals surface area (Å²) in [6.07, 6.45) is 5.71. The fourth-order valence-corrected chi connectivity index (χ4v) is 6.62. The second-order valence-corrected chi connectivity index (χ2v) is 12.2. The van der Waals surface area contributed by atoms with Gasteiger partial charge in [-0.15, -0.1) is 10.2 Å². The van der Waals surface area contributed by atoms with Crippen LogP contribution in [0.1, 0.15) is 70.8 Å². The minimum absolute atomic E-state index is 0.0681. The minimum atomic E-state index is -0.717. The van der Waals surface area contributed by atoms with E-state index in [9.17, 15) is 14.7 Å². The summed E-state index contributed by atoms with van der Waals surface area (Å²) in [5, 5.41) is 22.1. The van der Waals surface area contributed by atoms with E-state index in [-0.39, 0.29) is 17.9 Å². The fraction of sp³-hybridized carbons (Fsp3) is 0.455. The first-order valence-electron chi connectivity index (χ1n) is 14.7. The van der Waals surface area contributed by atoms with Crippen LogP contribution in [0.15, 0.2) is 60.7 Å². The van der Waals surface area contributed by atoms with E-state index in [4.69, 9.17) is 5.73 Å². The zero-order valence-electron chi connectivity index (χ0n) is 24.3. The molecule has 0 aliphatic heterocycles. The molecule has 0 saturated heterocycles. The molecule has 2 amide bonds. The van der Waals surface area contributed by atoms with Gasteiger partial charge in [0.15, 0.2) is 5.82 Å². The molecule has 4 N–H and O–H groups in total. The summed E-state index contributed by atoms with van der Waals surface area (Å²) in [6, 6.07) is 20.1. The molecule has 2 fully saturated rings. The minimum Gasteiger partial charge on any atom is -0.390 e. The van der Waals surface area contributed by atoms with Gasteiger partial charge >= 0.3 is 0 Å². The van der Waals surface area contributed by atoms with Crippen molar-refractivity contribution in [3.05, 3.63) is 66.2 Å². The van der Waals surface area contributed by atoms with Gasteiger partial charge in [0.1, 0.15) is 5.69 Å². The number of benzene rings is 2. The largest absolute Gasteiger partial charge is 0.390 e. The Balaban J connectivity index is 1.29. The Labute approximate surface area is 242 Å². The van der Waals surface area contributed by atoms with Crippen LogP contribution in [0.5, 0.6) is 0 Å². The molecule has 216 valence electrons. The number of nitrogens with two attached hydrogens (primary N) is 1. The van der Waals surface area contributed by atoms with Gasteiger partial charge in [0.2, 0.25) is 11.8 Å². The topological polar surface area (TPSA) is 121 Å². The molecule has 0 spiro atoms. The number of anilines is 1. The van der Waals surface area contributed by atoms with Crippen molar-refractivity contribution in [2.45, 2.75) is 82.4 Å². The molecular formula is C33H41N5O3. The van der Waals surface area contributed by atoms with Crippen molar-refractivity contribution in [2.75, 3.05) is 12.4 Å². The van der Waals surface area contributed by atoms with Crippen molar-refractivity contribution < 1.29 is 14.7 Å². The highest BCUT2D eigenvalue weighted by Crippen LogP contribution is 2.46. The van der Waals surface area contributed by atoms with Crippen LogP contribution in [0.4, 0.5) is 5.82 Å². The summed E-state index contributed by atoms with van der Waals surface area (Å²) < 4.78 is 0. The number of hydrogen-bond acceptors (Lipinski definition) is 6. The Bertz CT molecular complexity index is 1370. The summed E-state index contributed by atoms with van der Waals surface area (Å²) in [7, 11) is 1.89. The number of hydrogen-bond donors (Lipinski definition) is 3. The standard InChI is InChI=1S/C33H41N5O3/c1-4-30(40)38(3)26-16-10-22(11-17-26)18-29(39)35-28-19-27(23-8-6-5-7-9-23)31(37-36-28)24-12-14-25(15-13-24)33(34)20-32(2,41)21-33/h5-9,12-15,19,22,26,41H,4,10-11,16-18,20-21,34H2,1-3H3,(H,35,36,39)/t22?,26?,32-,33-. The Hall–Kier alpha value is -3.62. The van der Waals surface area contributed by atoms with Crippen LogP contribution in [-0.2, 0) is 15.1 Å². The van der Waals surface area contributed by atoms with Gasteiger partial charge in [-0.2, -0.15) is 0 Å². The molecule has 2 aliphatic rings. The maximum absolute atomic E-state index is 13.0. The highest BCUT2D eigenvalue weighted by molar-refractivity contribution is 5.91. The lowest BCUT2D eigenvalue weighted by Gasteiger charge is -2.49. The summed E-state index contributed by atoms with van der Waals surface area (Å²) in [6.45, 7) is 3.71. The van der Waals surface area contributed by atoms with Crippen molar-refractivity contribution in [2.24, 2.45) is 11.7 Å². The number of rotatable bonds is 8. The van der Waals surface area contributed by atoms with Crippen LogP contribution >= 0.6 is 0 Å². The number of aliphatic hydroxyl groups is 1. The van der Waals surface area contributed by atoms with Gasteiger partial charge in [-0.1, -0.05) is 61.5 Å². The second-order valence-electron chi connectivity index (χ2n) is 12.2. The molecule has 0 bridgehead atoms. The lowest BCUT2D eigenvalue weighted by atomic mass is 9.63. The van der Waals surface area contributed by atoms with Gasteiger partial charge < -0.3 is 21.1 Å². The zero-order chi connectivity index (χ0) is 29.2. The smallest absolute Gasteiger partial charge is 0.225 e. The number of carbonyl (C=O) groups excluding carboxylic acids is 2. The predicted octanol–water partition coefficient (Wildman–Crippen LogP) is 5.27. The number of amides is 2. The first-order valence-corrected chi connectivity index (χ1v) is 14.7. The molecule has 2 aliphatic carbocycles. The molecular weight excluding hydrogens is 514 g/mol. The van der Waals surface area contributed by atoms with Crippen molar-refractivity contribution in [1.82, 2.24) is 15.1 Å². The Morgan fingerprint density at radius 3 is 2.27 bits per heavy atom. The van der Waals surface area contributed by atoms with Crippen molar-refractivity contribution in [3.63, 3.8) is 0 Å². The van der Waals surface area contributed by atoms with Crippen LogP contribution in [0.2, 0.25) is 0 Å². The van der Waals surface area contributed by atoms with Crippen LogP contribution in [0.25, 0.3) is 22.4 Å². The third-order valence-electron chi connectivity index (χ3n) is 8.81. The molecule has 0 atom stereocenters. The molecule has 0 radical (unpaired) electrons. The van der Waals surface area contributed by atoms with Crippen LogP contribution in [0, 0.1) is 5.92 Å². The maximum Gasteiger partial charge on any atom is 0.225 e. The lowest BCUT2D eigenvalue weighted by molar-refractivity contribution is -0.132. The summed E-state index contributed by atoms with van der Waals surface area (Å²) >= 11 is 0. The monoisotopic (exact) mass is 555 g/mol. The Kier molecular flexibility index (Phi) is 8.25. The predicted molar refractivity (Wildman–Crippen MR) is 161 cm³/mol. The lowest BCUT2D eigenvalue weighted by Crippen LogP contribution is -2.58. The highest BCUT2D eigenvalue weighted by atomic mass is 16.3. The maximum atomic E-state index is 13.0. The van der Waals surface area contributed by atoms with Crippen LogP contribution in [0.3, 0.4) is 0 Å². The van der Waals surface area contributed by atoms with E-state index < -0.39 is 11.1 Å².